The molecule has 0 saturated heterocycles. The van der Waals surface area contributed by atoms with Crippen LogP contribution in [0.1, 0.15) is 39.0 Å². The summed E-state index contributed by atoms with van der Waals surface area (Å²) >= 11 is 0. The van der Waals surface area contributed by atoms with Crippen LogP contribution in [0.15, 0.2) is 12.2 Å². The van der Waals surface area contributed by atoms with Gasteiger partial charge in [0.1, 0.15) is 6.79 Å². The van der Waals surface area contributed by atoms with Crippen molar-refractivity contribution < 1.29 is 14.6 Å². The van der Waals surface area contributed by atoms with Gasteiger partial charge in [0, 0.05) is 13.2 Å². The van der Waals surface area contributed by atoms with Gasteiger partial charge in [0.15, 0.2) is 0 Å². The molecule has 0 aliphatic heterocycles. The Morgan fingerprint density at radius 3 is 2.47 bits per heavy atom. The van der Waals surface area contributed by atoms with Crippen molar-refractivity contribution in [2.45, 2.75) is 39.0 Å². The fourth-order valence-corrected chi connectivity index (χ4v) is 1.09. The first kappa shape index (κ1) is 14.6. The van der Waals surface area contributed by atoms with E-state index in [0.29, 0.717) is 13.4 Å². The molecule has 0 bridgehead atoms. The zero-order chi connectivity index (χ0) is 11.2. The lowest BCUT2D eigenvalue weighted by Crippen LogP contribution is -2.02. The fourth-order valence-electron chi connectivity index (χ4n) is 1.09. The molecule has 90 valence electrons. The second kappa shape index (κ2) is 13.6. The van der Waals surface area contributed by atoms with Crippen LogP contribution in [0.5, 0.6) is 0 Å². The lowest BCUT2D eigenvalue weighted by molar-refractivity contribution is -0.0531. The molecule has 0 heterocycles. The molecule has 0 saturated carbocycles. The maximum Gasteiger partial charge on any atom is 0.146 e. The van der Waals surface area contributed by atoms with Gasteiger partial charge in [-0.2, -0.15) is 0 Å². The van der Waals surface area contributed by atoms with E-state index in [0.717, 1.165) is 25.9 Å². The van der Waals surface area contributed by atoms with E-state index >= 15 is 0 Å². The molecule has 0 aliphatic carbocycles. The molecule has 1 N–H and O–H groups in total. The first-order chi connectivity index (χ1) is 7.41. The van der Waals surface area contributed by atoms with Crippen LogP contribution in [0.25, 0.3) is 0 Å². The van der Waals surface area contributed by atoms with Crippen molar-refractivity contribution in [2.24, 2.45) is 0 Å². The maximum absolute atomic E-state index is 8.51. The second-order valence-electron chi connectivity index (χ2n) is 3.41. The van der Waals surface area contributed by atoms with Crippen LogP contribution in [0, 0.1) is 0 Å². The summed E-state index contributed by atoms with van der Waals surface area (Å²) in [6.45, 7) is 4.29. The van der Waals surface area contributed by atoms with Crippen LogP contribution < -0.4 is 0 Å². The van der Waals surface area contributed by atoms with Gasteiger partial charge in [-0.3, -0.25) is 0 Å². The monoisotopic (exact) mass is 216 g/mol. The van der Waals surface area contributed by atoms with E-state index in [-0.39, 0.29) is 6.61 Å². The second-order valence-corrected chi connectivity index (χ2v) is 3.41. The Bertz CT molecular complexity index is 135. The van der Waals surface area contributed by atoms with E-state index in [1.807, 2.05) is 12.2 Å². The molecule has 0 amide bonds. The highest BCUT2D eigenvalue weighted by atomic mass is 16.7. The van der Waals surface area contributed by atoms with E-state index in [1.165, 1.54) is 12.8 Å². The van der Waals surface area contributed by atoms with E-state index in [1.54, 1.807) is 0 Å². The quantitative estimate of drug-likeness (QED) is 0.327. The SMILES string of the molecule is CCCCCOCOCC/C=C/CCO. The lowest BCUT2D eigenvalue weighted by atomic mass is 10.3. The average Bonchev–Trinajstić information content (AvgIpc) is 2.26. The molecule has 0 atom stereocenters. The third-order valence-corrected chi connectivity index (χ3v) is 1.95. The first-order valence-corrected chi connectivity index (χ1v) is 5.83. The number of aliphatic hydroxyl groups excluding tert-OH is 1. The van der Waals surface area contributed by atoms with E-state index in [9.17, 15) is 0 Å². The molecule has 15 heavy (non-hydrogen) atoms. The molecule has 0 rings (SSSR count). The van der Waals surface area contributed by atoms with E-state index < -0.39 is 0 Å². The number of hydrogen-bond donors (Lipinski definition) is 1. The van der Waals surface area contributed by atoms with Gasteiger partial charge in [-0.1, -0.05) is 31.9 Å². The standard InChI is InChI=1S/C12H24O3/c1-2-3-7-10-14-12-15-11-8-5-4-6-9-13/h4-5,13H,2-3,6-12H2,1H3/b5-4+. The van der Waals surface area contributed by atoms with Crippen LogP contribution >= 0.6 is 0 Å². The number of rotatable bonds is 11. The molecule has 0 spiro atoms. The Balaban J connectivity index is 2.92. The van der Waals surface area contributed by atoms with Crippen LogP contribution in [-0.4, -0.2) is 31.7 Å². The molecular formula is C12H24O3. The number of aliphatic hydroxyl groups is 1. The van der Waals surface area contributed by atoms with Crippen LogP contribution in [0.3, 0.4) is 0 Å². The predicted molar refractivity (Wildman–Crippen MR) is 61.8 cm³/mol. The zero-order valence-electron chi connectivity index (χ0n) is 9.78. The third kappa shape index (κ3) is 13.6. The minimum Gasteiger partial charge on any atom is -0.396 e. The van der Waals surface area contributed by atoms with Crippen LogP contribution in [0.4, 0.5) is 0 Å². The highest BCUT2D eigenvalue weighted by molar-refractivity contribution is 4.80. The lowest BCUT2D eigenvalue weighted by Gasteiger charge is -2.03. The van der Waals surface area contributed by atoms with Gasteiger partial charge in [-0.25, -0.2) is 0 Å². The summed E-state index contributed by atoms with van der Waals surface area (Å²) in [7, 11) is 0. The molecule has 0 aliphatic rings. The summed E-state index contributed by atoms with van der Waals surface area (Å²) in [5.74, 6) is 0. The summed E-state index contributed by atoms with van der Waals surface area (Å²) < 4.78 is 10.5. The molecule has 0 radical (unpaired) electrons. The van der Waals surface area contributed by atoms with Gasteiger partial charge in [0.2, 0.25) is 0 Å². The Hall–Kier alpha value is -0.380. The zero-order valence-corrected chi connectivity index (χ0v) is 9.78. The van der Waals surface area contributed by atoms with E-state index in [2.05, 4.69) is 6.92 Å². The van der Waals surface area contributed by atoms with Crippen molar-refractivity contribution in [3.63, 3.8) is 0 Å². The van der Waals surface area contributed by atoms with Crippen molar-refractivity contribution in [3.05, 3.63) is 12.2 Å². The van der Waals surface area contributed by atoms with Crippen LogP contribution in [0.2, 0.25) is 0 Å². The van der Waals surface area contributed by atoms with Crippen LogP contribution in [-0.2, 0) is 9.47 Å². The highest BCUT2D eigenvalue weighted by Crippen LogP contribution is 1.94. The van der Waals surface area contributed by atoms with Gasteiger partial charge in [0.25, 0.3) is 0 Å². The Labute approximate surface area is 93.1 Å². The molecule has 0 fully saturated rings. The predicted octanol–water partition coefficient (Wildman–Crippen LogP) is 2.50. The maximum atomic E-state index is 8.51. The van der Waals surface area contributed by atoms with E-state index in [4.69, 9.17) is 14.6 Å². The minimum atomic E-state index is 0.220. The Kier molecular flexibility index (Phi) is 13.3. The number of hydrogen-bond acceptors (Lipinski definition) is 3. The van der Waals surface area contributed by atoms with Gasteiger partial charge in [-0.05, 0) is 19.3 Å². The smallest absolute Gasteiger partial charge is 0.146 e. The van der Waals surface area contributed by atoms with Gasteiger partial charge in [-0.15, -0.1) is 0 Å². The number of ether oxygens (including phenoxy) is 2. The number of unbranched alkanes of at least 4 members (excludes halogenated alkanes) is 2. The largest absolute Gasteiger partial charge is 0.396 e. The third-order valence-electron chi connectivity index (χ3n) is 1.95. The van der Waals surface area contributed by atoms with Gasteiger partial charge in [0.05, 0.1) is 6.61 Å². The summed E-state index contributed by atoms with van der Waals surface area (Å²) in [5, 5.41) is 8.51. The summed E-state index contributed by atoms with van der Waals surface area (Å²) in [5.41, 5.74) is 0. The minimum absolute atomic E-state index is 0.220. The average molecular weight is 216 g/mol. The van der Waals surface area contributed by atoms with Crippen molar-refractivity contribution >= 4 is 0 Å². The molecule has 0 aromatic rings. The molecule has 3 heteroatoms. The van der Waals surface area contributed by atoms with Crippen molar-refractivity contribution in [1.29, 1.82) is 0 Å². The summed E-state index contributed by atoms with van der Waals surface area (Å²) in [6.07, 6.45) is 9.17. The highest BCUT2D eigenvalue weighted by Gasteiger charge is 1.88. The van der Waals surface area contributed by atoms with Crippen molar-refractivity contribution in [2.75, 3.05) is 26.6 Å². The fraction of sp³-hybridized carbons (Fsp3) is 0.833. The van der Waals surface area contributed by atoms with Crippen molar-refractivity contribution in [3.8, 4) is 0 Å². The molecule has 3 nitrogen and oxygen atoms in total. The molecule has 0 aromatic heterocycles. The summed E-state index contributed by atoms with van der Waals surface area (Å²) in [4.78, 5) is 0. The van der Waals surface area contributed by atoms with Crippen molar-refractivity contribution in [1.82, 2.24) is 0 Å². The van der Waals surface area contributed by atoms with Gasteiger partial charge >= 0.3 is 0 Å². The Morgan fingerprint density at radius 1 is 1.00 bits per heavy atom. The van der Waals surface area contributed by atoms with Gasteiger partial charge < -0.3 is 14.6 Å². The molecule has 0 aromatic carbocycles. The Morgan fingerprint density at radius 2 is 1.73 bits per heavy atom. The molecular weight excluding hydrogens is 192 g/mol. The molecule has 0 unspecified atom stereocenters. The normalized spacial score (nSPS) is 11.3. The topological polar surface area (TPSA) is 38.7 Å². The summed E-state index contributed by atoms with van der Waals surface area (Å²) in [6, 6.07) is 0. The first-order valence-electron chi connectivity index (χ1n) is 5.83.